The second-order valence-electron chi connectivity index (χ2n) is 4.40. The summed E-state index contributed by atoms with van der Waals surface area (Å²) < 4.78 is 0. The van der Waals surface area contributed by atoms with Gasteiger partial charge < -0.3 is 10.6 Å². The summed E-state index contributed by atoms with van der Waals surface area (Å²) in [5.74, 6) is 0.0827. The second-order valence-corrected chi connectivity index (χ2v) is 4.40. The van der Waals surface area contributed by atoms with Crippen LogP contribution in [0.3, 0.4) is 0 Å². The lowest BCUT2D eigenvalue weighted by Gasteiger charge is -2.21. The normalized spacial score (nSPS) is 10.2. The first-order valence-corrected chi connectivity index (χ1v) is 6.40. The minimum atomic E-state index is 0.0827. The summed E-state index contributed by atoms with van der Waals surface area (Å²) in [6, 6.07) is 17.2. The molecule has 19 heavy (non-hydrogen) atoms. The van der Waals surface area contributed by atoms with Crippen LogP contribution in [-0.2, 0) is 11.2 Å². The molecule has 0 radical (unpaired) electrons. The molecular weight excluding hydrogens is 236 g/mol. The Morgan fingerprint density at radius 3 is 2.47 bits per heavy atom. The highest BCUT2D eigenvalue weighted by atomic mass is 16.2. The second kappa shape index (κ2) is 6.05. The van der Waals surface area contributed by atoms with E-state index in [0.29, 0.717) is 18.7 Å². The van der Waals surface area contributed by atoms with Crippen LogP contribution in [0.15, 0.2) is 54.6 Å². The van der Waals surface area contributed by atoms with Crippen LogP contribution < -0.4 is 10.6 Å². The van der Waals surface area contributed by atoms with E-state index >= 15 is 0 Å². The molecule has 3 heteroatoms. The smallest absolute Gasteiger partial charge is 0.231 e. The predicted octanol–water partition coefficient (Wildman–Crippen LogP) is 2.86. The van der Waals surface area contributed by atoms with Gasteiger partial charge in [0.05, 0.1) is 6.42 Å². The Labute approximate surface area is 113 Å². The van der Waals surface area contributed by atoms with Crippen molar-refractivity contribution >= 4 is 17.3 Å². The van der Waals surface area contributed by atoms with E-state index in [9.17, 15) is 4.79 Å². The van der Waals surface area contributed by atoms with Crippen LogP contribution in [-0.4, -0.2) is 12.5 Å². The fraction of sp³-hybridized carbons (Fsp3) is 0.188. The molecule has 0 heterocycles. The van der Waals surface area contributed by atoms with Gasteiger partial charge in [0.25, 0.3) is 0 Å². The summed E-state index contributed by atoms with van der Waals surface area (Å²) in [5.41, 5.74) is 8.31. The molecule has 3 nitrogen and oxygen atoms in total. The standard InChI is InChI=1S/C16H18N2O/c1-2-18(15-10-6-9-14(17)12-15)16(19)11-13-7-4-3-5-8-13/h3-10,12H,2,11,17H2,1H3. The summed E-state index contributed by atoms with van der Waals surface area (Å²) >= 11 is 0. The molecule has 0 aliphatic carbocycles. The number of amides is 1. The van der Waals surface area contributed by atoms with Crippen molar-refractivity contribution in [1.29, 1.82) is 0 Å². The number of nitrogens with zero attached hydrogens (tertiary/aromatic N) is 1. The molecule has 2 N–H and O–H groups in total. The average molecular weight is 254 g/mol. The molecule has 2 rings (SSSR count). The maximum atomic E-state index is 12.3. The number of nitrogens with two attached hydrogens (primary N) is 1. The summed E-state index contributed by atoms with van der Waals surface area (Å²) in [6.45, 7) is 2.60. The first kappa shape index (κ1) is 13.1. The summed E-state index contributed by atoms with van der Waals surface area (Å²) in [7, 11) is 0. The van der Waals surface area contributed by atoms with Crippen molar-refractivity contribution in [2.45, 2.75) is 13.3 Å². The SMILES string of the molecule is CCN(C(=O)Cc1ccccc1)c1cccc(N)c1. The first-order valence-electron chi connectivity index (χ1n) is 6.40. The monoisotopic (exact) mass is 254 g/mol. The van der Waals surface area contributed by atoms with Gasteiger partial charge in [-0.25, -0.2) is 0 Å². The van der Waals surface area contributed by atoms with Crippen LogP contribution in [0.4, 0.5) is 11.4 Å². The van der Waals surface area contributed by atoms with E-state index in [1.165, 1.54) is 0 Å². The molecule has 2 aromatic rings. The molecule has 0 aliphatic heterocycles. The zero-order valence-electron chi connectivity index (χ0n) is 11.0. The van der Waals surface area contributed by atoms with Gasteiger partial charge in [0.1, 0.15) is 0 Å². The zero-order valence-corrected chi connectivity index (χ0v) is 11.0. The van der Waals surface area contributed by atoms with E-state index in [2.05, 4.69) is 0 Å². The van der Waals surface area contributed by atoms with Crippen LogP contribution in [0.5, 0.6) is 0 Å². The summed E-state index contributed by atoms with van der Waals surface area (Å²) in [4.78, 5) is 14.1. The van der Waals surface area contributed by atoms with Gasteiger partial charge in [-0.1, -0.05) is 36.4 Å². The number of rotatable bonds is 4. The molecule has 0 saturated heterocycles. The maximum Gasteiger partial charge on any atom is 0.231 e. The Bertz CT molecular complexity index is 552. The molecule has 0 spiro atoms. The van der Waals surface area contributed by atoms with Crippen LogP contribution in [0.1, 0.15) is 12.5 Å². The first-order chi connectivity index (χ1) is 9.20. The maximum absolute atomic E-state index is 12.3. The highest BCUT2D eigenvalue weighted by Crippen LogP contribution is 2.18. The summed E-state index contributed by atoms with van der Waals surface area (Å²) in [6.07, 6.45) is 0.406. The zero-order chi connectivity index (χ0) is 13.7. The van der Waals surface area contributed by atoms with Crippen LogP contribution >= 0.6 is 0 Å². The Balaban J connectivity index is 2.16. The lowest BCUT2D eigenvalue weighted by molar-refractivity contribution is -0.117. The highest BCUT2D eigenvalue weighted by Gasteiger charge is 2.14. The van der Waals surface area contributed by atoms with Crippen LogP contribution in [0.2, 0.25) is 0 Å². The van der Waals surface area contributed by atoms with Crippen molar-refractivity contribution in [2.24, 2.45) is 0 Å². The van der Waals surface area contributed by atoms with Gasteiger partial charge in [-0.3, -0.25) is 4.79 Å². The number of carbonyl (C=O) groups is 1. The van der Waals surface area contributed by atoms with E-state index in [4.69, 9.17) is 5.73 Å². The Morgan fingerprint density at radius 1 is 1.11 bits per heavy atom. The van der Waals surface area contributed by atoms with Crippen molar-refractivity contribution in [3.05, 3.63) is 60.2 Å². The van der Waals surface area contributed by atoms with Crippen molar-refractivity contribution in [2.75, 3.05) is 17.2 Å². The van der Waals surface area contributed by atoms with E-state index < -0.39 is 0 Å². The van der Waals surface area contributed by atoms with Crippen molar-refractivity contribution in [1.82, 2.24) is 0 Å². The fourth-order valence-electron chi connectivity index (χ4n) is 2.06. The largest absolute Gasteiger partial charge is 0.399 e. The number of carbonyl (C=O) groups excluding carboxylic acids is 1. The highest BCUT2D eigenvalue weighted by molar-refractivity contribution is 5.95. The van der Waals surface area contributed by atoms with Gasteiger partial charge in [-0.05, 0) is 30.7 Å². The predicted molar refractivity (Wildman–Crippen MR) is 79.0 cm³/mol. The summed E-state index contributed by atoms with van der Waals surface area (Å²) in [5, 5.41) is 0. The van der Waals surface area contributed by atoms with Crippen LogP contribution in [0, 0.1) is 0 Å². The molecule has 0 unspecified atom stereocenters. The number of hydrogen-bond donors (Lipinski definition) is 1. The number of hydrogen-bond acceptors (Lipinski definition) is 2. The lowest BCUT2D eigenvalue weighted by Crippen LogP contribution is -2.32. The van der Waals surface area contributed by atoms with E-state index in [0.717, 1.165) is 11.3 Å². The van der Waals surface area contributed by atoms with Gasteiger partial charge in [0.15, 0.2) is 0 Å². The molecule has 0 aliphatic rings. The third kappa shape index (κ3) is 3.35. The van der Waals surface area contributed by atoms with Crippen molar-refractivity contribution < 1.29 is 4.79 Å². The molecule has 1 amide bonds. The minimum Gasteiger partial charge on any atom is -0.399 e. The lowest BCUT2D eigenvalue weighted by atomic mass is 10.1. The Kier molecular flexibility index (Phi) is 4.18. The molecule has 0 aromatic heterocycles. The van der Waals surface area contributed by atoms with Gasteiger partial charge in [-0.15, -0.1) is 0 Å². The number of anilines is 2. The van der Waals surface area contributed by atoms with Gasteiger partial charge in [0.2, 0.25) is 5.91 Å². The fourth-order valence-corrected chi connectivity index (χ4v) is 2.06. The molecule has 0 fully saturated rings. The molecule has 0 bridgehead atoms. The third-order valence-electron chi connectivity index (χ3n) is 3.00. The molecule has 0 saturated carbocycles. The number of benzene rings is 2. The average Bonchev–Trinajstić information content (AvgIpc) is 2.41. The van der Waals surface area contributed by atoms with E-state index in [1.807, 2.05) is 61.5 Å². The van der Waals surface area contributed by atoms with Crippen molar-refractivity contribution in [3.8, 4) is 0 Å². The molecule has 0 atom stereocenters. The van der Waals surface area contributed by atoms with E-state index in [-0.39, 0.29) is 5.91 Å². The quantitative estimate of drug-likeness (QED) is 0.853. The molecular formula is C16H18N2O. The Hall–Kier alpha value is -2.29. The van der Waals surface area contributed by atoms with Crippen molar-refractivity contribution in [3.63, 3.8) is 0 Å². The third-order valence-corrected chi connectivity index (χ3v) is 3.00. The van der Waals surface area contributed by atoms with Gasteiger partial charge in [-0.2, -0.15) is 0 Å². The molecule has 2 aromatic carbocycles. The van der Waals surface area contributed by atoms with Crippen LogP contribution in [0.25, 0.3) is 0 Å². The molecule has 98 valence electrons. The topological polar surface area (TPSA) is 46.3 Å². The number of likely N-dealkylation sites (N-methyl/N-ethyl adjacent to an activating group) is 1. The number of nitrogen functional groups attached to an aromatic ring is 1. The van der Waals surface area contributed by atoms with Gasteiger partial charge >= 0.3 is 0 Å². The van der Waals surface area contributed by atoms with E-state index in [1.54, 1.807) is 4.90 Å². The van der Waals surface area contributed by atoms with Gasteiger partial charge in [0, 0.05) is 17.9 Å². The minimum absolute atomic E-state index is 0.0827. The Morgan fingerprint density at radius 2 is 1.84 bits per heavy atom.